The quantitative estimate of drug-likeness (QED) is 0.595. The molecule has 1 aromatic carbocycles. The van der Waals surface area contributed by atoms with E-state index >= 15 is 0 Å². The molecule has 1 aliphatic carbocycles. The molecule has 0 radical (unpaired) electrons. The third-order valence-corrected chi connectivity index (χ3v) is 4.84. The van der Waals surface area contributed by atoms with E-state index in [1.54, 1.807) is 0 Å². The van der Waals surface area contributed by atoms with Crippen LogP contribution in [0.4, 0.5) is 4.39 Å². The number of ether oxygens (including phenoxy) is 1. The van der Waals surface area contributed by atoms with Crippen LogP contribution in [0.5, 0.6) is 0 Å². The summed E-state index contributed by atoms with van der Waals surface area (Å²) >= 11 is 0. The molecule has 1 saturated carbocycles. The van der Waals surface area contributed by atoms with Gasteiger partial charge in [-0.05, 0) is 49.9 Å². The van der Waals surface area contributed by atoms with Gasteiger partial charge in [-0.1, -0.05) is 19.8 Å². The van der Waals surface area contributed by atoms with Gasteiger partial charge in [-0.3, -0.25) is 14.4 Å². The van der Waals surface area contributed by atoms with E-state index in [-0.39, 0.29) is 30.6 Å². The second-order valence-electron chi connectivity index (χ2n) is 6.94. The summed E-state index contributed by atoms with van der Waals surface area (Å²) < 4.78 is 18.0. The van der Waals surface area contributed by atoms with Crippen LogP contribution in [0.3, 0.4) is 0 Å². The Bertz CT molecular complexity index is 644. The first kappa shape index (κ1) is 20.1. The number of carbonyl (C=O) groups is 3. The van der Waals surface area contributed by atoms with Crippen LogP contribution >= 0.6 is 0 Å². The smallest absolute Gasteiger partial charge is 0.307 e. The van der Waals surface area contributed by atoms with Gasteiger partial charge in [0, 0.05) is 18.0 Å². The maximum Gasteiger partial charge on any atom is 0.307 e. The maximum absolute atomic E-state index is 12.9. The number of amides is 1. The molecule has 0 heterocycles. The van der Waals surface area contributed by atoms with E-state index in [2.05, 4.69) is 12.2 Å². The standard InChI is InChI=1S/C20H26FNO4/c1-13-5-3-4-6-17(13)22-20(25)14(2)26-19(24)12-11-18(23)15-7-9-16(21)10-8-15/h7-10,13-14,17H,3-6,11-12H2,1-2H3,(H,22,25)/t13-,14+,17-/m1/s1. The summed E-state index contributed by atoms with van der Waals surface area (Å²) in [6.07, 6.45) is 3.25. The molecule has 3 atom stereocenters. The molecule has 0 aliphatic heterocycles. The topological polar surface area (TPSA) is 72.5 Å². The number of halogens is 1. The van der Waals surface area contributed by atoms with Gasteiger partial charge in [-0.15, -0.1) is 0 Å². The molecule has 1 amide bonds. The van der Waals surface area contributed by atoms with Gasteiger partial charge in [-0.25, -0.2) is 4.39 Å². The molecule has 1 aromatic rings. The van der Waals surface area contributed by atoms with Crippen molar-refractivity contribution in [3.05, 3.63) is 35.6 Å². The highest BCUT2D eigenvalue weighted by atomic mass is 19.1. The highest BCUT2D eigenvalue weighted by Gasteiger charge is 2.26. The van der Waals surface area contributed by atoms with Crippen molar-refractivity contribution in [2.24, 2.45) is 5.92 Å². The molecule has 0 spiro atoms. The van der Waals surface area contributed by atoms with Gasteiger partial charge in [0.1, 0.15) is 5.82 Å². The molecule has 1 aliphatic rings. The number of Topliss-reactive ketones (excluding diaryl/α,β-unsaturated/α-hetero) is 1. The molecular formula is C20H26FNO4. The normalized spacial score (nSPS) is 20.9. The van der Waals surface area contributed by atoms with E-state index < -0.39 is 17.9 Å². The second kappa shape index (κ2) is 9.46. The van der Waals surface area contributed by atoms with Crippen LogP contribution in [0, 0.1) is 11.7 Å². The van der Waals surface area contributed by atoms with E-state index in [0.29, 0.717) is 11.5 Å². The van der Waals surface area contributed by atoms with Gasteiger partial charge in [0.05, 0.1) is 6.42 Å². The lowest BCUT2D eigenvalue weighted by atomic mass is 9.86. The van der Waals surface area contributed by atoms with E-state index in [1.807, 2.05) is 0 Å². The van der Waals surface area contributed by atoms with E-state index in [4.69, 9.17) is 4.74 Å². The number of nitrogens with one attached hydrogen (secondary N) is 1. The first-order chi connectivity index (χ1) is 12.4. The van der Waals surface area contributed by atoms with Crippen LogP contribution in [-0.4, -0.2) is 29.8 Å². The minimum Gasteiger partial charge on any atom is -0.453 e. The Morgan fingerprint density at radius 1 is 1.15 bits per heavy atom. The van der Waals surface area contributed by atoms with Gasteiger partial charge in [-0.2, -0.15) is 0 Å². The molecule has 5 nitrogen and oxygen atoms in total. The van der Waals surface area contributed by atoms with Crippen molar-refractivity contribution in [3.8, 4) is 0 Å². The number of esters is 1. The number of hydrogen-bond acceptors (Lipinski definition) is 4. The Morgan fingerprint density at radius 3 is 2.46 bits per heavy atom. The summed E-state index contributed by atoms with van der Waals surface area (Å²) in [6, 6.07) is 5.28. The van der Waals surface area contributed by atoms with Crippen molar-refractivity contribution in [2.75, 3.05) is 0 Å². The number of ketones is 1. The van der Waals surface area contributed by atoms with Crippen LogP contribution in [0.2, 0.25) is 0 Å². The van der Waals surface area contributed by atoms with Gasteiger partial charge < -0.3 is 10.1 Å². The van der Waals surface area contributed by atoms with E-state index in [1.165, 1.54) is 37.6 Å². The van der Waals surface area contributed by atoms with Crippen molar-refractivity contribution in [3.63, 3.8) is 0 Å². The third-order valence-electron chi connectivity index (χ3n) is 4.84. The van der Waals surface area contributed by atoms with E-state index in [9.17, 15) is 18.8 Å². The lowest BCUT2D eigenvalue weighted by molar-refractivity contribution is -0.155. The van der Waals surface area contributed by atoms with Gasteiger partial charge >= 0.3 is 5.97 Å². The lowest BCUT2D eigenvalue weighted by Crippen LogP contribution is -2.46. The minimum atomic E-state index is -0.891. The lowest BCUT2D eigenvalue weighted by Gasteiger charge is -2.30. The Labute approximate surface area is 153 Å². The zero-order valence-electron chi connectivity index (χ0n) is 15.3. The molecule has 0 bridgehead atoms. The second-order valence-corrected chi connectivity index (χ2v) is 6.94. The molecule has 0 unspecified atom stereocenters. The summed E-state index contributed by atoms with van der Waals surface area (Å²) in [5, 5.41) is 2.95. The number of benzene rings is 1. The predicted molar refractivity (Wildman–Crippen MR) is 95.1 cm³/mol. The van der Waals surface area contributed by atoms with Gasteiger partial charge in [0.15, 0.2) is 11.9 Å². The fourth-order valence-corrected chi connectivity index (χ4v) is 3.14. The van der Waals surface area contributed by atoms with Crippen LogP contribution in [0.25, 0.3) is 0 Å². The summed E-state index contributed by atoms with van der Waals surface area (Å²) in [5.74, 6) is -1.17. The highest BCUT2D eigenvalue weighted by molar-refractivity contribution is 5.97. The van der Waals surface area contributed by atoms with Gasteiger partial charge in [0.2, 0.25) is 0 Å². The first-order valence-electron chi connectivity index (χ1n) is 9.15. The van der Waals surface area contributed by atoms with Crippen molar-refractivity contribution >= 4 is 17.7 Å². The molecule has 142 valence electrons. The van der Waals surface area contributed by atoms with Crippen LogP contribution in [-0.2, 0) is 14.3 Å². The number of carbonyl (C=O) groups excluding carboxylic acids is 3. The van der Waals surface area contributed by atoms with Crippen LogP contribution < -0.4 is 5.32 Å². The first-order valence-corrected chi connectivity index (χ1v) is 9.15. The third kappa shape index (κ3) is 5.93. The number of rotatable bonds is 7. The largest absolute Gasteiger partial charge is 0.453 e. The Hall–Kier alpha value is -2.24. The molecule has 26 heavy (non-hydrogen) atoms. The van der Waals surface area contributed by atoms with Crippen LogP contribution in [0.15, 0.2) is 24.3 Å². The van der Waals surface area contributed by atoms with Crippen molar-refractivity contribution in [2.45, 2.75) is 64.5 Å². The Morgan fingerprint density at radius 2 is 1.81 bits per heavy atom. The fourth-order valence-electron chi connectivity index (χ4n) is 3.14. The summed E-state index contributed by atoms with van der Waals surface area (Å²) in [7, 11) is 0. The molecule has 1 N–H and O–H groups in total. The summed E-state index contributed by atoms with van der Waals surface area (Å²) in [6.45, 7) is 3.64. The molecular weight excluding hydrogens is 337 g/mol. The van der Waals surface area contributed by atoms with E-state index in [0.717, 1.165) is 19.3 Å². The fraction of sp³-hybridized carbons (Fsp3) is 0.550. The Balaban J connectivity index is 1.74. The average molecular weight is 363 g/mol. The summed E-state index contributed by atoms with van der Waals surface area (Å²) in [4.78, 5) is 36.1. The van der Waals surface area contributed by atoms with Crippen LogP contribution in [0.1, 0.15) is 62.7 Å². The van der Waals surface area contributed by atoms with Crippen molar-refractivity contribution in [1.82, 2.24) is 5.32 Å². The summed E-state index contributed by atoms with van der Waals surface area (Å²) in [5.41, 5.74) is 0.344. The molecule has 6 heteroatoms. The van der Waals surface area contributed by atoms with Gasteiger partial charge in [0.25, 0.3) is 5.91 Å². The molecule has 0 saturated heterocycles. The average Bonchev–Trinajstić information content (AvgIpc) is 2.62. The zero-order chi connectivity index (χ0) is 19.1. The monoisotopic (exact) mass is 363 g/mol. The molecule has 2 rings (SSSR count). The predicted octanol–water partition coefficient (Wildman–Crippen LogP) is 3.42. The van der Waals surface area contributed by atoms with Crippen molar-refractivity contribution < 1.29 is 23.5 Å². The number of hydrogen-bond donors (Lipinski definition) is 1. The van der Waals surface area contributed by atoms with Crippen molar-refractivity contribution in [1.29, 1.82) is 0 Å². The molecule has 1 fully saturated rings. The SMILES string of the molecule is C[C@H](OC(=O)CCC(=O)c1ccc(F)cc1)C(=O)N[C@@H]1CCCC[C@H]1C. The minimum absolute atomic E-state index is 0.0432. The Kier molecular flexibility index (Phi) is 7.30. The highest BCUT2D eigenvalue weighted by Crippen LogP contribution is 2.23. The zero-order valence-corrected chi connectivity index (χ0v) is 15.3. The maximum atomic E-state index is 12.9. The molecule has 0 aromatic heterocycles.